The van der Waals surface area contributed by atoms with Crippen molar-refractivity contribution in [1.29, 1.82) is 0 Å². The number of aryl methyl sites for hydroxylation is 1. The van der Waals surface area contributed by atoms with Crippen molar-refractivity contribution >= 4 is 0 Å². The van der Waals surface area contributed by atoms with Gasteiger partial charge in [0, 0.05) is 24.4 Å². The van der Waals surface area contributed by atoms with Gasteiger partial charge in [-0.05, 0) is 49.1 Å². The molecule has 1 aromatic heterocycles. The van der Waals surface area contributed by atoms with Gasteiger partial charge in [0.15, 0.2) is 5.82 Å². The summed E-state index contributed by atoms with van der Waals surface area (Å²) in [4.78, 5) is 4.52. The summed E-state index contributed by atoms with van der Waals surface area (Å²) in [6.45, 7) is 4.41. The highest BCUT2D eigenvalue weighted by atomic mass is 16.5. The maximum atomic E-state index is 5.44. The molecule has 0 unspecified atom stereocenters. The summed E-state index contributed by atoms with van der Waals surface area (Å²) in [6.07, 6.45) is 6.76. The second kappa shape index (κ2) is 6.67. The van der Waals surface area contributed by atoms with E-state index in [2.05, 4.69) is 53.6 Å². The highest BCUT2D eigenvalue weighted by Crippen LogP contribution is 2.41. The van der Waals surface area contributed by atoms with Gasteiger partial charge >= 0.3 is 0 Å². The Balaban J connectivity index is 1.35. The third kappa shape index (κ3) is 3.00. The normalized spacial score (nSPS) is 29.6. The Morgan fingerprint density at radius 2 is 1.88 bits per heavy atom. The van der Waals surface area contributed by atoms with E-state index in [1.807, 2.05) is 0 Å². The SMILES string of the molecule is CCc1noc(C2CCC(N[C@@H]3C[C@@H](C)c4ccccc43)CC2)n1. The van der Waals surface area contributed by atoms with Crippen LogP contribution in [0.3, 0.4) is 0 Å². The first-order valence-electron chi connectivity index (χ1n) is 9.42. The minimum absolute atomic E-state index is 0.450. The van der Waals surface area contributed by atoms with Crippen LogP contribution in [-0.2, 0) is 6.42 Å². The number of hydrogen-bond acceptors (Lipinski definition) is 4. The van der Waals surface area contributed by atoms with E-state index in [1.165, 1.54) is 30.4 Å². The first-order valence-corrected chi connectivity index (χ1v) is 9.42. The lowest BCUT2D eigenvalue weighted by Gasteiger charge is -2.30. The highest BCUT2D eigenvalue weighted by molar-refractivity contribution is 5.37. The molecule has 0 saturated heterocycles. The molecule has 1 fully saturated rings. The van der Waals surface area contributed by atoms with Crippen LogP contribution in [-0.4, -0.2) is 16.2 Å². The minimum atomic E-state index is 0.450. The van der Waals surface area contributed by atoms with Crippen molar-refractivity contribution in [2.24, 2.45) is 0 Å². The Bertz CT molecular complexity index is 688. The molecule has 128 valence electrons. The minimum Gasteiger partial charge on any atom is -0.339 e. The molecule has 1 aromatic carbocycles. The number of benzene rings is 1. The summed E-state index contributed by atoms with van der Waals surface area (Å²) in [6, 6.07) is 10.1. The van der Waals surface area contributed by atoms with E-state index in [0.717, 1.165) is 31.0 Å². The van der Waals surface area contributed by atoms with Crippen molar-refractivity contribution < 1.29 is 4.52 Å². The Labute approximate surface area is 144 Å². The number of aromatic nitrogens is 2. The van der Waals surface area contributed by atoms with Crippen molar-refractivity contribution in [3.05, 3.63) is 47.1 Å². The lowest BCUT2D eigenvalue weighted by atomic mass is 9.85. The van der Waals surface area contributed by atoms with Gasteiger partial charge in [0.1, 0.15) is 0 Å². The van der Waals surface area contributed by atoms with Gasteiger partial charge in [-0.25, -0.2) is 0 Å². The van der Waals surface area contributed by atoms with Crippen molar-refractivity contribution in [2.45, 2.75) is 76.3 Å². The zero-order chi connectivity index (χ0) is 16.5. The highest BCUT2D eigenvalue weighted by Gasteiger charge is 2.32. The van der Waals surface area contributed by atoms with Crippen LogP contribution in [0.1, 0.15) is 86.7 Å². The van der Waals surface area contributed by atoms with E-state index in [9.17, 15) is 0 Å². The predicted octanol–water partition coefficient (Wildman–Crippen LogP) is 4.50. The number of nitrogens with one attached hydrogen (secondary N) is 1. The molecule has 0 amide bonds. The summed E-state index contributed by atoms with van der Waals surface area (Å²) >= 11 is 0. The molecule has 2 atom stereocenters. The van der Waals surface area contributed by atoms with Crippen LogP contribution >= 0.6 is 0 Å². The molecule has 2 aliphatic rings. The first-order chi connectivity index (χ1) is 11.7. The van der Waals surface area contributed by atoms with E-state index < -0.39 is 0 Å². The fourth-order valence-corrected chi connectivity index (χ4v) is 4.41. The molecule has 0 aliphatic heterocycles. The van der Waals surface area contributed by atoms with E-state index in [0.29, 0.717) is 23.9 Å². The molecular formula is C20H27N3O. The summed E-state index contributed by atoms with van der Waals surface area (Å²) in [5.74, 6) is 2.80. The first kappa shape index (κ1) is 15.8. The summed E-state index contributed by atoms with van der Waals surface area (Å²) in [5, 5.41) is 7.97. The number of fused-ring (bicyclic) bond motifs is 1. The summed E-state index contributed by atoms with van der Waals surface area (Å²) in [7, 11) is 0. The van der Waals surface area contributed by atoms with Crippen LogP contribution in [0, 0.1) is 0 Å². The van der Waals surface area contributed by atoms with Crippen molar-refractivity contribution in [3.8, 4) is 0 Å². The van der Waals surface area contributed by atoms with Gasteiger partial charge in [-0.2, -0.15) is 4.98 Å². The molecule has 24 heavy (non-hydrogen) atoms. The molecule has 0 spiro atoms. The Hall–Kier alpha value is -1.68. The van der Waals surface area contributed by atoms with Crippen LogP contribution in [0.5, 0.6) is 0 Å². The van der Waals surface area contributed by atoms with Crippen molar-refractivity contribution in [3.63, 3.8) is 0 Å². The van der Waals surface area contributed by atoms with E-state index >= 15 is 0 Å². The third-order valence-corrected chi connectivity index (χ3v) is 5.80. The van der Waals surface area contributed by atoms with Crippen LogP contribution in [0.15, 0.2) is 28.8 Å². The molecule has 1 N–H and O–H groups in total. The van der Waals surface area contributed by atoms with Crippen LogP contribution in [0.25, 0.3) is 0 Å². The standard InChI is InChI=1S/C20H27N3O/c1-3-19-22-20(24-23-19)14-8-10-15(11-9-14)21-18-12-13(2)16-6-4-5-7-17(16)18/h4-7,13-15,18,21H,3,8-12H2,1-2H3/t13-,14?,15?,18-/m1/s1. The lowest BCUT2D eigenvalue weighted by Crippen LogP contribution is -2.35. The molecule has 0 bridgehead atoms. The monoisotopic (exact) mass is 325 g/mol. The maximum Gasteiger partial charge on any atom is 0.229 e. The number of nitrogens with zero attached hydrogens (tertiary/aromatic N) is 2. The van der Waals surface area contributed by atoms with E-state index in [-0.39, 0.29) is 0 Å². The molecule has 1 saturated carbocycles. The Morgan fingerprint density at radius 1 is 1.12 bits per heavy atom. The van der Waals surface area contributed by atoms with Crippen LogP contribution in [0.2, 0.25) is 0 Å². The molecule has 1 heterocycles. The average Bonchev–Trinajstić information content (AvgIpc) is 3.22. The lowest BCUT2D eigenvalue weighted by molar-refractivity contribution is 0.269. The average molecular weight is 325 g/mol. The maximum absolute atomic E-state index is 5.44. The second-order valence-electron chi connectivity index (χ2n) is 7.44. The smallest absolute Gasteiger partial charge is 0.229 e. The van der Waals surface area contributed by atoms with Gasteiger partial charge in [0.2, 0.25) is 5.89 Å². The molecule has 0 radical (unpaired) electrons. The summed E-state index contributed by atoms with van der Waals surface area (Å²) in [5.41, 5.74) is 3.04. The number of hydrogen-bond donors (Lipinski definition) is 1. The third-order valence-electron chi connectivity index (χ3n) is 5.80. The zero-order valence-corrected chi connectivity index (χ0v) is 14.7. The Kier molecular flexibility index (Phi) is 4.40. The largest absolute Gasteiger partial charge is 0.339 e. The van der Waals surface area contributed by atoms with Gasteiger partial charge < -0.3 is 9.84 Å². The molecular weight excluding hydrogens is 298 g/mol. The quantitative estimate of drug-likeness (QED) is 0.899. The molecule has 4 heteroatoms. The fraction of sp³-hybridized carbons (Fsp3) is 0.600. The zero-order valence-electron chi connectivity index (χ0n) is 14.7. The van der Waals surface area contributed by atoms with Crippen molar-refractivity contribution in [2.75, 3.05) is 0 Å². The van der Waals surface area contributed by atoms with Crippen LogP contribution in [0.4, 0.5) is 0 Å². The van der Waals surface area contributed by atoms with Gasteiger partial charge in [0.25, 0.3) is 0 Å². The van der Waals surface area contributed by atoms with Gasteiger partial charge in [0.05, 0.1) is 0 Å². The molecule has 4 nitrogen and oxygen atoms in total. The van der Waals surface area contributed by atoms with Crippen molar-refractivity contribution in [1.82, 2.24) is 15.5 Å². The number of rotatable bonds is 4. The molecule has 2 aliphatic carbocycles. The van der Waals surface area contributed by atoms with E-state index in [1.54, 1.807) is 0 Å². The molecule has 4 rings (SSSR count). The predicted molar refractivity (Wildman–Crippen MR) is 94.0 cm³/mol. The van der Waals surface area contributed by atoms with Gasteiger partial charge in [-0.3, -0.25) is 0 Å². The summed E-state index contributed by atoms with van der Waals surface area (Å²) < 4.78 is 5.44. The second-order valence-corrected chi connectivity index (χ2v) is 7.44. The van der Waals surface area contributed by atoms with Crippen LogP contribution < -0.4 is 5.32 Å². The molecule has 2 aromatic rings. The van der Waals surface area contributed by atoms with E-state index in [4.69, 9.17) is 4.52 Å². The van der Waals surface area contributed by atoms with Gasteiger partial charge in [-0.15, -0.1) is 0 Å². The van der Waals surface area contributed by atoms with Gasteiger partial charge in [-0.1, -0.05) is 43.3 Å². The fourth-order valence-electron chi connectivity index (χ4n) is 4.41. The Morgan fingerprint density at radius 3 is 2.58 bits per heavy atom. The topological polar surface area (TPSA) is 51.0 Å².